The van der Waals surface area contributed by atoms with E-state index in [9.17, 15) is 19.7 Å². The number of nitrogens with zero attached hydrogens (tertiary/aromatic N) is 3. The summed E-state index contributed by atoms with van der Waals surface area (Å²) in [6, 6.07) is 10.2. The number of hydrogen-bond acceptors (Lipinski definition) is 7. The Hall–Kier alpha value is -3.95. The number of ether oxygens (including phenoxy) is 2. The van der Waals surface area contributed by atoms with E-state index in [2.05, 4.69) is 10.3 Å². The topological polar surface area (TPSA) is 126 Å². The minimum Gasteiger partial charge on any atom is -0.409 e. The number of para-hydroxylation sites is 1. The fraction of sp³-hybridized carbons (Fsp3) is 0.250. The van der Waals surface area contributed by atoms with Gasteiger partial charge >= 0.3 is 11.8 Å². The maximum Gasteiger partial charge on any atom is 0.515 e. The van der Waals surface area contributed by atoms with Crippen molar-refractivity contribution in [3.63, 3.8) is 0 Å². The molecule has 0 aliphatic carbocycles. The van der Waals surface area contributed by atoms with Gasteiger partial charge in [-0.25, -0.2) is 9.78 Å². The van der Waals surface area contributed by atoms with Gasteiger partial charge in [-0.2, -0.15) is 0 Å². The molecule has 0 saturated heterocycles. The molecule has 2 heterocycles. The van der Waals surface area contributed by atoms with Crippen LogP contribution < -0.4 is 10.1 Å². The van der Waals surface area contributed by atoms with Gasteiger partial charge in [0, 0.05) is 19.8 Å². The highest BCUT2D eigenvalue weighted by Gasteiger charge is 2.34. The van der Waals surface area contributed by atoms with Gasteiger partial charge < -0.3 is 14.8 Å². The van der Waals surface area contributed by atoms with E-state index in [1.165, 1.54) is 6.92 Å². The minimum absolute atomic E-state index is 0.109. The van der Waals surface area contributed by atoms with Crippen molar-refractivity contribution in [2.45, 2.75) is 32.9 Å². The summed E-state index contributed by atoms with van der Waals surface area (Å²) in [5.74, 6) is 0.491. The maximum absolute atomic E-state index is 12.2. The van der Waals surface area contributed by atoms with E-state index in [1.54, 1.807) is 47.9 Å². The molecule has 2 aromatic carbocycles. The number of hydrogen-bond donors (Lipinski definition) is 1. The summed E-state index contributed by atoms with van der Waals surface area (Å²) in [6.45, 7) is 2.94. The van der Waals surface area contributed by atoms with Crippen LogP contribution in [0.3, 0.4) is 0 Å². The fourth-order valence-corrected chi connectivity index (χ4v) is 3.61. The lowest BCUT2D eigenvalue weighted by Gasteiger charge is -2.16. The van der Waals surface area contributed by atoms with Crippen LogP contribution in [0.1, 0.15) is 31.0 Å². The van der Waals surface area contributed by atoms with E-state index in [0.717, 1.165) is 0 Å². The third kappa shape index (κ3) is 3.43. The molecule has 1 aliphatic heterocycles. The molecule has 0 saturated carbocycles. The Morgan fingerprint density at radius 1 is 1.30 bits per heavy atom. The molecule has 0 bridgehead atoms. The van der Waals surface area contributed by atoms with Gasteiger partial charge in [-0.1, -0.05) is 18.2 Å². The second-order valence-electron chi connectivity index (χ2n) is 6.90. The summed E-state index contributed by atoms with van der Waals surface area (Å²) >= 11 is 0. The first-order chi connectivity index (χ1) is 14.3. The third-order valence-corrected chi connectivity index (χ3v) is 4.79. The van der Waals surface area contributed by atoms with Crippen LogP contribution in [0, 0.1) is 17.0 Å². The van der Waals surface area contributed by atoms with Crippen LogP contribution in [0.4, 0.5) is 16.2 Å². The number of carbonyl (C=O) groups excluding carboxylic acids is 2. The molecule has 3 aromatic rings. The van der Waals surface area contributed by atoms with Crippen molar-refractivity contribution in [2.75, 3.05) is 5.32 Å². The first kappa shape index (κ1) is 19.4. The van der Waals surface area contributed by atoms with Crippen molar-refractivity contribution in [3.8, 4) is 5.75 Å². The number of anilines is 1. The van der Waals surface area contributed by atoms with E-state index >= 15 is 0 Å². The number of rotatable bonds is 4. The molecule has 10 heteroatoms. The number of imidazole rings is 1. The average molecular weight is 410 g/mol. The van der Waals surface area contributed by atoms with Crippen molar-refractivity contribution in [2.24, 2.45) is 0 Å². The molecular formula is C20H18N4O6. The lowest BCUT2D eigenvalue weighted by atomic mass is 10.1. The standard InChI is InChI=1S/C20H18N4O6/c1-11-10-14-18(19(24(27)28)17(11)21-12(2)25)22-15-8-9-16(23(14)15)30-20(26)29-13-6-4-3-5-7-13/h3-7,10,16H,8-9H2,1-2H3,(H,21,25). The summed E-state index contributed by atoms with van der Waals surface area (Å²) in [6.07, 6.45) is -0.625. The second kappa shape index (κ2) is 7.47. The molecule has 1 unspecified atom stereocenters. The van der Waals surface area contributed by atoms with Crippen LogP contribution in [0.5, 0.6) is 5.75 Å². The number of aryl methyl sites for hydroxylation is 2. The first-order valence-electron chi connectivity index (χ1n) is 9.25. The number of benzene rings is 2. The molecule has 30 heavy (non-hydrogen) atoms. The quantitative estimate of drug-likeness (QED) is 0.299. The lowest BCUT2D eigenvalue weighted by Crippen LogP contribution is -2.17. The predicted octanol–water partition coefficient (Wildman–Crippen LogP) is 3.87. The van der Waals surface area contributed by atoms with Crippen LogP contribution in [-0.2, 0) is 16.0 Å². The van der Waals surface area contributed by atoms with Crippen molar-refractivity contribution in [3.05, 3.63) is 57.9 Å². The Morgan fingerprint density at radius 3 is 2.70 bits per heavy atom. The van der Waals surface area contributed by atoms with Gasteiger partial charge in [-0.15, -0.1) is 0 Å². The Labute approximate surface area is 170 Å². The number of nitro groups is 1. The fourth-order valence-electron chi connectivity index (χ4n) is 3.61. The van der Waals surface area contributed by atoms with Gasteiger partial charge in [0.25, 0.3) is 0 Å². The van der Waals surface area contributed by atoms with Crippen LogP contribution in [0.25, 0.3) is 11.0 Å². The molecule has 4 rings (SSSR count). The average Bonchev–Trinajstić information content (AvgIpc) is 3.22. The number of amides is 1. The normalized spacial score (nSPS) is 14.9. The monoisotopic (exact) mass is 410 g/mol. The van der Waals surface area contributed by atoms with Crippen molar-refractivity contribution in [1.29, 1.82) is 0 Å². The molecule has 10 nitrogen and oxygen atoms in total. The number of nitro benzene ring substituents is 1. The molecule has 0 fully saturated rings. The number of aromatic nitrogens is 2. The van der Waals surface area contributed by atoms with Crippen LogP contribution in [0.2, 0.25) is 0 Å². The smallest absolute Gasteiger partial charge is 0.409 e. The van der Waals surface area contributed by atoms with Crippen molar-refractivity contribution >= 4 is 34.5 Å². The van der Waals surface area contributed by atoms with Gasteiger partial charge in [0.05, 0.1) is 10.4 Å². The Kier molecular flexibility index (Phi) is 4.82. The highest BCUT2D eigenvalue weighted by molar-refractivity contribution is 6.00. The Bertz CT molecular complexity index is 1170. The number of nitrogens with one attached hydrogen (secondary N) is 1. The van der Waals surface area contributed by atoms with Gasteiger partial charge in [0.2, 0.25) is 5.91 Å². The van der Waals surface area contributed by atoms with Crippen LogP contribution in [0.15, 0.2) is 36.4 Å². The predicted molar refractivity (Wildman–Crippen MR) is 106 cm³/mol. The van der Waals surface area contributed by atoms with E-state index in [1.807, 2.05) is 0 Å². The van der Waals surface area contributed by atoms with Gasteiger partial charge in [-0.3, -0.25) is 19.5 Å². The Balaban J connectivity index is 1.71. The molecule has 1 aromatic heterocycles. The van der Waals surface area contributed by atoms with Gasteiger partial charge in [-0.05, 0) is 30.7 Å². The number of carbonyl (C=O) groups is 2. The molecule has 154 valence electrons. The summed E-state index contributed by atoms with van der Waals surface area (Å²) in [7, 11) is 0. The molecular weight excluding hydrogens is 392 g/mol. The first-order valence-corrected chi connectivity index (χ1v) is 9.25. The summed E-state index contributed by atoms with van der Waals surface area (Å²) in [4.78, 5) is 39.3. The van der Waals surface area contributed by atoms with E-state index in [-0.39, 0.29) is 16.9 Å². The second-order valence-corrected chi connectivity index (χ2v) is 6.90. The molecule has 0 spiro atoms. The van der Waals surface area contributed by atoms with Gasteiger partial charge in [0.1, 0.15) is 17.3 Å². The zero-order chi connectivity index (χ0) is 21.4. The third-order valence-electron chi connectivity index (χ3n) is 4.79. The van der Waals surface area contributed by atoms with Crippen molar-refractivity contribution in [1.82, 2.24) is 9.55 Å². The van der Waals surface area contributed by atoms with Crippen LogP contribution >= 0.6 is 0 Å². The SMILES string of the molecule is CC(=O)Nc1c(C)cc2c(nc3n2C(OC(=O)Oc2ccccc2)CC3)c1[N+](=O)[O-]. The summed E-state index contributed by atoms with van der Waals surface area (Å²) in [5.41, 5.74) is 0.919. The summed E-state index contributed by atoms with van der Waals surface area (Å²) in [5, 5.41) is 14.3. The highest BCUT2D eigenvalue weighted by atomic mass is 16.7. The molecule has 1 aliphatic rings. The van der Waals surface area contributed by atoms with Crippen LogP contribution in [-0.4, -0.2) is 26.5 Å². The zero-order valence-electron chi connectivity index (χ0n) is 16.2. The molecule has 0 radical (unpaired) electrons. The Morgan fingerprint density at radius 2 is 2.03 bits per heavy atom. The largest absolute Gasteiger partial charge is 0.515 e. The molecule has 1 N–H and O–H groups in total. The summed E-state index contributed by atoms with van der Waals surface area (Å²) < 4.78 is 12.3. The van der Waals surface area contributed by atoms with E-state index in [0.29, 0.717) is 35.5 Å². The molecule has 1 atom stereocenters. The van der Waals surface area contributed by atoms with Gasteiger partial charge in [0.15, 0.2) is 11.7 Å². The maximum atomic E-state index is 12.2. The molecule has 1 amide bonds. The highest BCUT2D eigenvalue weighted by Crippen LogP contribution is 2.40. The minimum atomic E-state index is -0.873. The van der Waals surface area contributed by atoms with Crippen molar-refractivity contribution < 1.29 is 24.0 Å². The van der Waals surface area contributed by atoms with E-state index < -0.39 is 23.2 Å². The lowest BCUT2D eigenvalue weighted by molar-refractivity contribution is -0.382. The van der Waals surface area contributed by atoms with E-state index in [4.69, 9.17) is 9.47 Å². The zero-order valence-corrected chi connectivity index (χ0v) is 16.2. The number of fused-ring (bicyclic) bond motifs is 3.